The molecule has 0 radical (unpaired) electrons. The molecule has 0 aliphatic heterocycles. The zero-order chi connectivity index (χ0) is 21.3. The van der Waals surface area contributed by atoms with Crippen LogP contribution in [-0.4, -0.2) is 26.6 Å². The van der Waals surface area contributed by atoms with Crippen LogP contribution in [0.3, 0.4) is 0 Å². The molecule has 2 aromatic rings. The average Bonchev–Trinajstić information content (AvgIpc) is 2.52. The van der Waals surface area contributed by atoms with Crippen molar-refractivity contribution in [2.24, 2.45) is 0 Å². The SMILES string of the molecule is CCCN(Cc1cc(C(C)(C)C)c(O)c(C(C)(C)C)c1)c1nc(Cl)nc(Cl)n1. The van der Waals surface area contributed by atoms with Gasteiger partial charge in [-0.05, 0) is 69.3 Å². The summed E-state index contributed by atoms with van der Waals surface area (Å²) >= 11 is 12.0. The molecule has 0 saturated carbocycles. The molecule has 1 heterocycles. The molecule has 0 aliphatic rings. The van der Waals surface area contributed by atoms with E-state index in [1.165, 1.54) is 0 Å². The first-order valence-corrected chi connectivity index (χ1v) is 10.3. The number of aromatic hydroxyl groups is 1. The summed E-state index contributed by atoms with van der Waals surface area (Å²) in [6.45, 7) is 16.0. The third-order valence-corrected chi connectivity index (χ3v) is 4.84. The van der Waals surface area contributed by atoms with E-state index in [9.17, 15) is 5.11 Å². The highest BCUT2D eigenvalue weighted by Gasteiger charge is 2.27. The maximum absolute atomic E-state index is 10.9. The Kier molecular flexibility index (Phi) is 6.82. The van der Waals surface area contributed by atoms with Crippen LogP contribution in [0, 0.1) is 0 Å². The van der Waals surface area contributed by atoms with Crippen LogP contribution in [0.15, 0.2) is 12.1 Å². The minimum atomic E-state index is -0.185. The predicted octanol–water partition coefficient (Wildman–Crippen LogP) is 5.90. The molecule has 0 unspecified atom stereocenters. The Labute approximate surface area is 178 Å². The third kappa shape index (κ3) is 5.48. The number of halogens is 2. The van der Waals surface area contributed by atoms with E-state index in [4.69, 9.17) is 23.2 Å². The highest BCUT2D eigenvalue weighted by Crippen LogP contribution is 2.40. The van der Waals surface area contributed by atoms with Gasteiger partial charge in [0, 0.05) is 13.1 Å². The average molecular weight is 425 g/mol. The minimum absolute atomic E-state index is 0.0765. The van der Waals surface area contributed by atoms with Crippen LogP contribution < -0.4 is 4.90 Å². The number of nitrogens with zero attached hydrogens (tertiary/aromatic N) is 4. The summed E-state index contributed by atoms with van der Waals surface area (Å²) in [7, 11) is 0. The Balaban J connectivity index is 2.55. The maximum atomic E-state index is 10.9. The molecule has 0 fully saturated rings. The molecule has 0 saturated heterocycles. The molecule has 0 bridgehead atoms. The fourth-order valence-electron chi connectivity index (χ4n) is 3.13. The van der Waals surface area contributed by atoms with Crippen LogP contribution in [0.2, 0.25) is 10.6 Å². The summed E-state index contributed by atoms with van der Waals surface area (Å²) in [5.41, 5.74) is 2.57. The number of benzene rings is 1. The van der Waals surface area contributed by atoms with Crippen molar-refractivity contribution in [3.8, 4) is 5.75 Å². The molecule has 28 heavy (non-hydrogen) atoms. The highest BCUT2D eigenvalue weighted by molar-refractivity contribution is 6.31. The smallest absolute Gasteiger partial charge is 0.231 e. The Morgan fingerprint density at radius 2 is 1.36 bits per heavy atom. The van der Waals surface area contributed by atoms with Crippen LogP contribution in [0.4, 0.5) is 5.95 Å². The molecule has 1 N–H and O–H groups in total. The van der Waals surface area contributed by atoms with Gasteiger partial charge in [0.2, 0.25) is 16.5 Å². The first kappa shape index (κ1) is 22.7. The molecule has 0 spiro atoms. The normalized spacial score (nSPS) is 12.3. The van der Waals surface area contributed by atoms with E-state index in [1.807, 2.05) is 4.90 Å². The minimum Gasteiger partial charge on any atom is -0.507 e. The zero-order valence-corrected chi connectivity index (χ0v) is 19.3. The zero-order valence-electron chi connectivity index (χ0n) is 17.8. The summed E-state index contributed by atoms with van der Waals surface area (Å²) in [5.74, 6) is 0.826. The fraction of sp³-hybridized carbons (Fsp3) is 0.571. The highest BCUT2D eigenvalue weighted by atomic mass is 35.5. The first-order chi connectivity index (χ1) is 12.8. The first-order valence-electron chi connectivity index (χ1n) is 9.51. The van der Waals surface area contributed by atoms with Gasteiger partial charge in [-0.3, -0.25) is 0 Å². The topological polar surface area (TPSA) is 62.1 Å². The lowest BCUT2D eigenvalue weighted by molar-refractivity contribution is 0.422. The van der Waals surface area contributed by atoms with Crippen molar-refractivity contribution in [1.82, 2.24) is 15.0 Å². The molecule has 0 aliphatic carbocycles. The summed E-state index contributed by atoms with van der Waals surface area (Å²) < 4.78 is 0. The molecule has 0 amide bonds. The van der Waals surface area contributed by atoms with Gasteiger partial charge in [-0.15, -0.1) is 0 Å². The fourth-order valence-corrected chi connectivity index (χ4v) is 3.48. The molecule has 1 aromatic heterocycles. The lowest BCUT2D eigenvalue weighted by Crippen LogP contribution is -2.27. The summed E-state index contributed by atoms with van der Waals surface area (Å²) in [6.07, 6.45) is 0.914. The second-order valence-corrected chi connectivity index (χ2v) is 9.81. The van der Waals surface area contributed by atoms with Gasteiger partial charge in [0.1, 0.15) is 5.75 Å². The van der Waals surface area contributed by atoms with Crippen LogP contribution in [0.1, 0.15) is 71.6 Å². The van der Waals surface area contributed by atoms with Crippen LogP contribution in [0.5, 0.6) is 5.75 Å². The van der Waals surface area contributed by atoms with E-state index in [1.54, 1.807) is 0 Å². The molecule has 7 heteroatoms. The van der Waals surface area contributed by atoms with Gasteiger partial charge < -0.3 is 10.0 Å². The lowest BCUT2D eigenvalue weighted by Gasteiger charge is -2.29. The van der Waals surface area contributed by atoms with E-state index in [-0.39, 0.29) is 21.4 Å². The molecular formula is C21H30Cl2N4O. The van der Waals surface area contributed by atoms with Gasteiger partial charge in [-0.25, -0.2) is 0 Å². The van der Waals surface area contributed by atoms with Gasteiger partial charge in [0.15, 0.2) is 0 Å². The number of hydrogen-bond acceptors (Lipinski definition) is 5. The van der Waals surface area contributed by atoms with Crippen molar-refractivity contribution >= 4 is 29.2 Å². The summed E-state index contributed by atoms with van der Waals surface area (Å²) in [4.78, 5) is 14.4. The molecule has 0 atom stereocenters. The monoisotopic (exact) mass is 424 g/mol. The summed E-state index contributed by atoms with van der Waals surface area (Å²) in [5, 5.41) is 11.1. The predicted molar refractivity (Wildman–Crippen MR) is 117 cm³/mol. The van der Waals surface area contributed by atoms with Gasteiger partial charge >= 0.3 is 0 Å². The van der Waals surface area contributed by atoms with Gasteiger partial charge in [0.05, 0.1) is 0 Å². The second kappa shape index (κ2) is 8.42. The van der Waals surface area contributed by atoms with Crippen molar-refractivity contribution in [2.75, 3.05) is 11.4 Å². The van der Waals surface area contributed by atoms with Crippen LogP contribution in [-0.2, 0) is 17.4 Å². The van der Waals surface area contributed by atoms with Crippen molar-refractivity contribution in [2.45, 2.75) is 72.3 Å². The van der Waals surface area contributed by atoms with E-state index < -0.39 is 0 Å². The molecule has 2 rings (SSSR count). The quantitative estimate of drug-likeness (QED) is 0.647. The molecule has 5 nitrogen and oxygen atoms in total. The van der Waals surface area contributed by atoms with Gasteiger partial charge in [-0.2, -0.15) is 15.0 Å². The third-order valence-electron chi connectivity index (χ3n) is 4.50. The Morgan fingerprint density at radius 3 is 1.75 bits per heavy atom. The second-order valence-electron chi connectivity index (χ2n) is 9.13. The van der Waals surface area contributed by atoms with Crippen LogP contribution >= 0.6 is 23.2 Å². The molecule has 1 aromatic carbocycles. The molecule has 154 valence electrons. The van der Waals surface area contributed by atoms with E-state index in [0.29, 0.717) is 18.2 Å². The number of hydrogen-bond donors (Lipinski definition) is 1. The lowest BCUT2D eigenvalue weighted by atomic mass is 9.78. The summed E-state index contributed by atoms with van der Waals surface area (Å²) in [6, 6.07) is 4.13. The van der Waals surface area contributed by atoms with Gasteiger partial charge in [0.25, 0.3) is 0 Å². The van der Waals surface area contributed by atoms with Crippen molar-refractivity contribution in [3.63, 3.8) is 0 Å². The Morgan fingerprint density at radius 1 is 0.893 bits per heavy atom. The van der Waals surface area contributed by atoms with Crippen molar-refractivity contribution in [1.29, 1.82) is 0 Å². The van der Waals surface area contributed by atoms with Crippen molar-refractivity contribution in [3.05, 3.63) is 39.4 Å². The van der Waals surface area contributed by atoms with Crippen LogP contribution in [0.25, 0.3) is 0 Å². The number of phenols is 1. The van der Waals surface area contributed by atoms with Crippen molar-refractivity contribution < 1.29 is 5.11 Å². The largest absolute Gasteiger partial charge is 0.507 e. The van der Waals surface area contributed by atoms with E-state index >= 15 is 0 Å². The number of rotatable bonds is 5. The van der Waals surface area contributed by atoms with E-state index in [2.05, 4.69) is 75.6 Å². The number of phenolic OH excluding ortho intramolecular Hbond substituents is 1. The Hall–Kier alpha value is -1.59. The standard InChI is InChI=1S/C21H30Cl2N4O/c1-8-9-27(19-25-17(22)24-18(23)26-19)12-13-10-14(20(2,3)4)16(28)15(11-13)21(5,6)7/h10-11,28H,8-9,12H2,1-7H3. The van der Waals surface area contributed by atoms with Gasteiger partial charge in [-0.1, -0.05) is 48.5 Å². The molecular weight excluding hydrogens is 395 g/mol. The maximum Gasteiger partial charge on any atom is 0.231 e. The van der Waals surface area contributed by atoms with E-state index in [0.717, 1.165) is 29.7 Å². The number of aromatic nitrogens is 3. The number of anilines is 1. The Bertz CT molecular complexity index is 786.